The summed E-state index contributed by atoms with van der Waals surface area (Å²) in [5.74, 6) is 0.152. The Labute approximate surface area is 159 Å². The van der Waals surface area contributed by atoms with Gasteiger partial charge in [0.15, 0.2) is 0 Å². The highest BCUT2D eigenvalue weighted by molar-refractivity contribution is 5.92. The molecule has 1 aromatic carbocycles. The van der Waals surface area contributed by atoms with E-state index >= 15 is 0 Å². The molecule has 0 radical (unpaired) electrons. The molecule has 9 heteroatoms. The minimum Gasteiger partial charge on any atom is -0.339 e. The van der Waals surface area contributed by atoms with Crippen LogP contribution in [0.3, 0.4) is 0 Å². The van der Waals surface area contributed by atoms with E-state index in [2.05, 4.69) is 20.3 Å². The number of halogens is 1. The maximum absolute atomic E-state index is 13.9. The Balaban J connectivity index is 1.43. The van der Waals surface area contributed by atoms with E-state index in [0.717, 1.165) is 12.8 Å². The van der Waals surface area contributed by atoms with Gasteiger partial charge in [0.1, 0.15) is 11.5 Å². The second-order valence-corrected chi connectivity index (χ2v) is 6.76. The molecule has 0 spiro atoms. The van der Waals surface area contributed by atoms with E-state index in [1.165, 1.54) is 18.2 Å². The minimum atomic E-state index is -0.405. The number of aromatic amines is 1. The molecule has 1 unspecified atom stereocenters. The second-order valence-electron chi connectivity index (χ2n) is 6.76. The SMILES string of the molecule is O=C(c1ccc(=O)[nH]n1)N1CCCC(Cc2nc(-c3ccccc3F)no2)C1. The highest BCUT2D eigenvalue weighted by atomic mass is 19.1. The average molecular weight is 383 g/mol. The van der Waals surface area contributed by atoms with E-state index in [4.69, 9.17) is 4.52 Å². The topological polar surface area (TPSA) is 105 Å². The van der Waals surface area contributed by atoms with E-state index in [0.29, 0.717) is 31.0 Å². The molecule has 1 fully saturated rings. The summed E-state index contributed by atoms with van der Waals surface area (Å²) >= 11 is 0. The Morgan fingerprint density at radius 3 is 2.93 bits per heavy atom. The Morgan fingerprint density at radius 2 is 2.14 bits per heavy atom. The van der Waals surface area contributed by atoms with Crippen molar-refractivity contribution in [2.75, 3.05) is 13.1 Å². The number of aromatic nitrogens is 4. The lowest BCUT2D eigenvalue weighted by atomic mass is 9.94. The molecular formula is C19H18FN5O3. The number of nitrogens with one attached hydrogen (secondary N) is 1. The Kier molecular flexibility index (Phi) is 4.96. The van der Waals surface area contributed by atoms with Gasteiger partial charge in [-0.05, 0) is 37.0 Å². The molecule has 4 rings (SSSR count). The van der Waals surface area contributed by atoms with Gasteiger partial charge in [-0.15, -0.1) is 0 Å². The maximum atomic E-state index is 13.9. The number of amides is 1. The molecular weight excluding hydrogens is 365 g/mol. The molecule has 1 aliphatic heterocycles. The van der Waals surface area contributed by atoms with Gasteiger partial charge in [-0.3, -0.25) is 9.59 Å². The molecule has 144 valence electrons. The van der Waals surface area contributed by atoms with E-state index < -0.39 is 5.82 Å². The molecule has 0 bridgehead atoms. The zero-order chi connectivity index (χ0) is 19.5. The third-order valence-corrected chi connectivity index (χ3v) is 4.75. The van der Waals surface area contributed by atoms with Gasteiger partial charge in [0.2, 0.25) is 11.7 Å². The van der Waals surface area contributed by atoms with Gasteiger partial charge in [0.25, 0.3) is 11.5 Å². The number of carbonyl (C=O) groups excluding carboxylic acids is 1. The number of hydrogen-bond acceptors (Lipinski definition) is 6. The average Bonchev–Trinajstić information content (AvgIpc) is 3.17. The van der Waals surface area contributed by atoms with Crippen LogP contribution in [-0.2, 0) is 6.42 Å². The lowest BCUT2D eigenvalue weighted by Gasteiger charge is -2.31. The predicted octanol–water partition coefficient (Wildman–Crippen LogP) is 2.05. The number of rotatable bonds is 4. The molecule has 1 atom stereocenters. The van der Waals surface area contributed by atoms with Crippen LogP contribution in [0.5, 0.6) is 0 Å². The first-order valence-electron chi connectivity index (χ1n) is 9.02. The van der Waals surface area contributed by atoms with Crippen LogP contribution in [0.4, 0.5) is 4.39 Å². The van der Waals surface area contributed by atoms with Crippen LogP contribution in [0.2, 0.25) is 0 Å². The fraction of sp³-hybridized carbons (Fsp3) is 0.316. The molecule has 1 N–H and O–H groups in total. The highest BCUT2D eigenvalue weighted by Gasteiger charge is 2.27. The first-order chi connectivity index (χ1) is 13.6. The van der Waals surface area contributed by atoms with Crippen LogP contribution in [0.25, 0.3) is 11.4 Å². The minimum absolute atomic E-state index is 0.148. The van der Waals surface area contributed by atoms with E-state index in [-0.39, 0.29) is 28.9 Å². The number of piperidine rings is 1. The van der Waals surface area contributed by atoms with Gasteiger partial charge < -0.3 is 9.42 Å². The van der Waals surface area contributed by atoms with E-state index in [9.17, 15) is 14.0 Å². The summed E-state index contributed by atoms with van der Waals surface area (Å²) < 4.78 is 19.2. The number of nitrogens with zero attached hydrogens (tertiary/aromatic N) is 4. The fourth-order valence-corrected chi connectivity index (χ4v) is 3.38. The molecule has 3 aromatic rings. The van der Waals surface area contributed by atoms with Crippen LogP contribution in [0, 0.1) is 11.7 Å². The summed E-state index contributed by atoms with van der Waals surface area (Å²) in [7, 11) is 0. The molecule has 0 aliphatic carbocycles. The quantitative estimate of drug-likeness (QED) is 0.739. The summed E-state index contributed by atoms with van der Waals surface area (Å²) in [6.45, 7) is 1.15. The third-order valence-electron chi connectivity index (χ3n) is 4.75. The number of likely N-dealkylation sites (tertiary alicyclic amines) is 1. The predicted molar refractivity (Wildman–Crippen MR) is 96.9 cm³/mol. The van der Waals surface area contributed by atoms with Crippen molar-refractivity contribution in [3.8, 4) is 11.4 Å². The summed E-state index contributed by atoms with van der Waals surface area (Å²) in [5, 5.41) is 9.95. The normalized spacial score (nSPS) is 16.9. The maximum Gasteiger partial charge on any atom is 0.274 e. The molecule has 3 heterocycles. The van der Waals surface area contributed by atoms with Gasteiger partial charge in [-0.25, -0.2) is 9.49 Å². The van der Waals surface area contributed by atoms with Gasteiger partial charge in [0, 0.05) is 25.6 Å². The highest BCUT2D eigenvalue weighted by Crippen LogP contribution is 2.24. The van der Waals surface area contributed by atoms with Gasteiger partial charge in [0.05, 0.1) is 5.56 Å². The monoisotopic (exact) mass is 383 g/mol. The van der Waals surface area contributed by atoms with Crippen LogP contribution in [0.1, 0.15) is 29.2 Å². The standard InChI is InChI=1S/C19H18FN5O3/c20-14-6-2-1-5-13(14)18-21-17(28-24-18)10-12-4-3-9-25(11-12)19(27)15-7-8-16(26)23-22-15/h1-2,5-8,12H,3-4,9-11H2,(H,23,26). The zero-order valence-electron chi connectivity index (χ0n) is 15.0. The summed E-state index contributed by atoms with van der Waals surface area (Å²) in [6, 6.07) is 8.96. The van der Waals surface area contributed by atoms with Crippen LogP contribution in [-0.4, -0.2) is 44.2 Å². The second kappa shape index (κ2) is 7.71. The molecule has 28 heavy (non-hydrogen) atoms. The molecule has 1 aliphatic rings. The molecule has 1 saturated heterocycles. The number of benzene rings is 1. The zero-order valence-corrected chi connectivity index (χ0v) is 15.0. The van der Waals surface area contributed by atoms with Crippen molar-refractivity contribution in [3.05, 3.63) is 64.2 Å². The van der Waals surface area contributed by atoms with Crippen molar-refractivity contribution < 1.29 is 13.7 Å². The summed E-state index contributed by atoms with van der Waals surface area (Å²) in [6.07, 6.45) is 2.26. The fourth-order valence-electron chi connectivity index (χ4n) is 3.38. The van der Waals surface area contributed by atoms with Gasteiger partial charge >= 0.3 is 0 Å². The van der Waals surface area contributed by atoms with Crippen molar-refractivity contribution in [3.63, 3.8) is 0 Å². The summed E-state index contributed by atoms with van der Waals surface area (Å²) in [5.41, 5.74) is 0.150. The van der Waals surface area contributed by atoms with Crippen LogP contribution >= 0.6 is 0 Å². The largest absolute Gasteiger partial charge is 0.339 e. The van der Waals surface area contributed by atoms with Crippen molar-refractivity contribution >= 4 is 5.91 Å². The van der Waals surface area contributed by atoms with Crippen molar-refractivity contribution in [1.29, 1.82) is 0 Å². The van der Waals surface area contributed by atoms with E-state index in [1.807, 2.05) is 0 Å². The Bertz CT molecular complexity index is 1030. The van der Waals surface area contributed by atoms with Crippen LogP contribution < -0.4 is 5.56 Å². The molecule has 2 aromatic heterocycles. The summed E-state index contributed by atoms with van der Waals surface area (Å²) in [4.78, 5) is 29.7. The molecule has 1 amide bonds. The van der Waals surface area contributed by atoms with Crippen molar-refractivity contribution in [2.24, 2.45) is 5.92 Å². The Morgan fingerprint density at radius 1 is 1.29 bits per heavy atom. The first kappa shape index (κ1) is 18.0. The number of hydrogen-bond donors (Lipinski definition) is 1. The van der Waals surface area contributed by atoms with E-state index in [1.54, 1.807) is 23.1 Å². The number of carbonyl (C=O) groups is 1. The van der Waals surface area contributed by atoms with Crippen LogP contribution in [0.15, 0.2) is 45.7 Å². The lowest BCUT2D eigenvalue weighted by Crippen LogP contribution is -2.41. The number of H-pyrrole nitrogens is 1. The third kappa shape index (κ3) is 3.83. The van der Waals surface area contributed by atoms with Gasteiger partial charge in [-0.2, -0.15) is 10.1 Å². The molecule has 0 saturated carbocycles. The van der Waals surface area contributed by atoms with Crippen molar-refractivity contribution in [1.82, 2.24) is 25.2 Å². The molecule has 8 nitrogen and oxygen atoms in total. The smallest absolute Gasteiger partial charge is 0.274 e. The first-order valence-corrected chi connectivity index (χ1v) is 9.02. The lowest BCUT2D eigenvalue weighted by molar-refractivity contribution is 0.0661. The Hall–Kier alpha value is -3.36. The van der Waals surface area contributed by atoms with Crippen molar-refractivity contribution in [2.45, 2.75) is 19.3 Å². The van der Waals surface area contributed by atoms with Gasteiger partial charge in [-0.1, -0.05) is 17.3 Å².